The number of aliphatic hydroxyl groups excluding tert-OH is 2. The second kappa shape index (κ2) is 5.37. The average molecular weight is 241 g/mol. The quantitative estimate of drug-likeness (QED) is 0.554. The highest BCUT2D eigenvalue weighted by Crippen LogP contribution is 2.19. The first kappa shape index (κ1) is 13.1. The highest BCUT2D eigenvalue weighted by Gasteiger charge is 2.22. The number of nitrogens with zero attached hydrogens (tertiary/aromatic N) is 1. The van der Waals surface area contributed by atoms with Crippen molar-refractivity contribution in [2.45, 2.75) is 18.6 Å². The predicted octanol–water partition coefficient (Wildman–Crippen LogP) is -0.351. The summed E-state index contributed by atoms with van der Waals surface area (Å²) in [7, 11) is 0. The number of rotatable bonds is 5. The summed E-state index contributed by atoms with van der Waals surface area (Å²) in [4.78, 5) is 24.5. The van der Waals surface area contributed by atoms with E-state index in [2.05, 4.69) is 4.98 Å². The van der Waals surface area contributed by atoms with Crippen molar-refractivity contribution in [3.63, 3.8) is 0 Å². The van der Waals surface area contributed by atoms with Crippen LogP contribution in [0.15, 0.2) is 18.3 Å². The first-order valence-electron chi connectivity index (χ1n) is 4.69. The van der Waals surface area contributed by atoms with Crippen LogP contribution >= 0.6 is 0 Å². The molecule has 0 aliphatic heterocycles. The van der Waals surface area contributed by atoms with Crippen LogP contribution in [-0.2, 0) is 4.79 Å². The van der Waals surface area contributed by atoms with Crippen LogP contribution in [0.4, 0.5) is 0 Å². The predicted molar refractivity (Wildman–Crippen MR) is 54.4 cm³/mol. The number of aromatic nitrogens is 1. The van der Waals surface area contributed by atoms with E-state index >= 15 is 0 Å². The Morgan fingerprint density at radius 3 is 2.47 bits per heavy atom. The molecule has 0 spiro atoms. The number of pyridine rings is 1. The van der Waals surface area contributed by atoms with Crippen molar-refractivity contribution in [2.75, 3.05) is 0 Å². The molecule has 2 unspecified atom stereocenters. The minimum atomic E-state index is -1.50. The highest BCUT2D eigenvalue weighted by molar-refractivity contribution is 5.85. The van der Waals surface area contributed by atoms with Crippen molar-refractivity contribution in [2.24, 2.45) is 0 Å². The maximum Gasteiger partial charge on any atom is 0.354 e. The van der Waals surface area contributed by atoms with E-state index in [9.17, 15) is 19.8 Å². The summed E-state index contributed by atoms with van der Waals surface area (Å²) in [5.74, 6) is -2.53. The molecule has 2 atom stereocenters. The van der Waals surface area contributed by atoms with E-state index in [1.807, 2.05) is 0 Å². The van der Waals surface area contributed by atoms with E-state index in [1.165, 1.54) is 6.07 Å². The Morgan fingerprint density at radius 1 is 1.29 bits per heavy atom. The molecule has 4 N–H and O–H groups in total. The monoisotopic (exact) mass is 241 g/mol. The van der Waals surface area contributed by atoms with Crippen LogP contribution < -0.4 is 0 Å². The molecule has 7 heteroatoms. The third-order valence-electron chi connectivity index (χ3n) is 2.09. The Bertz CT molecular complexity index is 433. The topological polar surface area (TPSA) is 128 Å². The smallest absolute Gasteiger partial charge is 0.354 e. The van der Waals surface area contributed by atoms with Crippen LogP contribution in [0.5, 0.6) is 0 Å². The van der Waals surface area contributed by atoms with Gasteiger partial charge in [-0.15, -0.1) is 0 Å². The number of carboxylic acid groups (broad SMARTS) is 2. The number of aromatic carboxylic acids is 1. The summed E-state index contributed by atoms with van der Waals surface area (Å²) in [5.41, 5.74) is -0.185. The second-order valence-electron chi connectivity index (χ2n) is 3.39. The summed E-state index contributed by atoms with van der Waals surface area (Å²) < 4.78 is 0. The van der Waals surface area contributed by atoms with E-state index in [1.54, 1.807) is 0 Å². The van der Waals surface area contributed by atoms with Gasteiger partial charge in [-0.2, -0.15) is 0 Å². The molecule has 7 nitrogen and oxygen atoms in total. The number of carboxylic acids is 2. The molecule has 0 aliphatic carbocycles. The second-order valence-corrected chi connectivity index (χ2v) is 3.39. The fraction of sp³-hybridized carbons (Fsp3) is 0.300. The molecule has 1 aromatic heterocycles. The van der Waals surface area contributed by atoms with E-state index in [0.29, 0.717) is 0 Å². The standard InChI is InChI=1S/C10H11NO6/c12-7(4-8(13)14)9(15)5-1-2-11-6(3-5)10(16)17/h1-3,7,9,12,15H,4H2,(H,13,14)(H,16,17). The average Bonchev–Trinajstić information content (AvgIpc) is 2.27. The van der Waals surface area contributed by atoms with Gasteiger partial charge >= 0.3 is 11.9 Å². The molecular weight excluding hydrogens is 230 g/mol. The molecule has 0 bridgehead atoms. The van der Waals surface area contributed by atoms with Crippen LogP contribution in [0.25, 0.3) is 0 Å². The Kier molecular flexibility index (Phi) is 4.13. The van der Waals surface area contributed by atoms with Gasteiger partial charge in [0.25, 0.3) is 0 Å². The number of hydrogen-bond donors (Lipinski definition) is 4. The summed E-state index contributed by atoms with van der Waals surface area (Å²) in [6.07, 6.45) is -2.44. The SMILES string of the molecule is O=C(O)CC(O)C(O)c1ccnc(C(=O)O)c1. The van der Waals surface area contributed by atoms with Gasteiger partial charge in [-0.25, -0.2) is 9.78 Å². The largest absolute Gasteiger partial charge is 0.481 e. The molecule has 0 aromatic carbocycles. The minimum absolute atomic E-state index is 0.103. The lowest BCUT2D eigenvalue weighted by molar-refractivity contribution is -0.141. The fourth-order valence-corrected chi connectivity index (χ4v) is 1.26. The molecule has 1 rings (SSSR count). The van der Waals surface area contributed by atoms with Gasteiger partial charge in [-0.3, -0.25) is 4.79 Å². The van der Waals surface area contributed by atoms with Gasteiger partial charge in [-0.05, 0) is 17.7 Å². The van der Waals surface area contributed by atoms with Gasteiger partial charge in [0.2, 0.25) is 0 Å². The zero-order chi connectivity index (χ0) is 13.0. The molecule has 0 saturated carbocycles. The molecule has 0 fully saturated rings. The molecule has 1 aromatic rings. The zero-order valence-corrected chi connectivity index (χ0v) is 8.65. The molecule has 0 saturated heterocycles. The van der Waals surface area contributed by atoms with Crippen LogP contribution in [0.2, 0.25) is 0 Å². The Balaban J connectivity index is 2.88. The summed E-state index contributed by atoms with van der Waals surface area (Å²) in [5, 5.41) is 36.1. The lowest BCUT2D eigenvalue weighted by Crippen LogP contribution is -2.22. The number of carbonyl (C=O) groups is 2. The van der Waals surface area contributed by atoms with Crippen molar-refractivity contribution in [1.82, 2.24) is 4.98 Å². The minimum Gasteiger partial charge on any atom is -0.481 e. The first-order valence-corrected chi connectivity index (χ1v) is 4.69. The maximum absolute atomic E-state index is 10.6. The maximum atomic E-state index is 10.6. The van der Waals surface area contributed by atoms with Crippen molar-refractivity contribution in [3.05, 3.63) is 29.6 Å². The van der Waals surface area contributed by atoms with Crippen molar-refractivity contribution in [1.29, 1.82) is 0 Å². The van der Waals surface area contributed by atoms with Crippen molar-refractivity contribution >= 4 is 11.9 Å². The molecule has 0 amide bonds. The molecule has 92 valence electrons. The van der Waals surface area contributed by atoms with Gasteiger partial charge in [0, 0.05) is 6.20 Å². The van der Waals surface area contributed by atoms with Gasteiger partial charge in [0.15, 0.2) is 0 Å². The Morgan fingerprint density at radius 2 is 1.94 bits per heavy atom. The van der Waals surface area contributed by atoms with E-state index in [4.69, 9.17) is 10.2 Å². The summed E-state index contributed by atoms with van der Waals surface area (Å²) in [6.45, 7) is 0. The Hall–Kier alpha value is -1.99. The van der Waals surface area contributed by atoms with Gasteiger partial charge in [0.1, 0.15) is 11.8 Å². The van der Waals surface area contributed by atoms with Gasteiger partial charge in [0.05, 0.1) is 12.5 Å². The number of hydrogen-bond acceptors (Lipinski definition) is 5. The van der Waals surface area contributed by atoms with E-state index < -0.39 is 30.6 Å². The van der Waals surface area contributed by atoms with Crippen LogP contribution in [0.3, 0.4) is 0 Å². The summed E-state index contributed by atoms with van der Waals surface area (Å²) >= 11 is 0. The zero-order valence-electron chi connectivity index (χ0n) is 8.65. The molecular formula is C10H11NO6. The van der Waals surface area contributed by atoms with Crippen LogP contribution in [-0.4, -0.2) is 43.5 Å². The third-order valence-corrected chi connectivity index (χ3v) is 2.09. The number of aliphatic carboxylic acids is 1. The van der Waals surface area contributed by atoms with Gasteiger partial charge < -0.3 is 20.4 Å². The van der Waals surface area contributed by atoms with Crippen LogP contribution in [0, 0.1) is 0 Å². The van der Waals surface area contributed by atoms with E-state index in [-0.39, 0.29) is 11.3 Å². The normalized spacial score (nSPS) is 14.0. The molecule has 0 radical (unpaired) electrons. The highest BCUT2D eigenvalue weighted by atomic mass is 16.4. The fourth-order valence-electron chi connectivity index (χ4n) is 1.26. The van der Waals surface area contributed by atoms with Gasteiger partial charge in [-0.1, -0.05) is 0 Å². The van der Waals surface area contributed by atoms with Crippen molar-refractivity contribution < 1.29 is 30.0 Å². The summed E-state index contributed by atoms with van der Waals surface area (Å²) in [6, 6.07) is 2.39. The first-order chi connectivity index (χ1) is 7.91. The van der Waals surface area contributed by atoms with Crippen molar-refractivity contribution in [3.8, 4) is 0 Å². The third kappa shape index (κ3) is 3.51. The Labute approximate surface area is 96.0 Å². The lowest BCUT2D eigenvalue weighted by Gasteiger charge is -2.16. The molecule has 17 heavy (non-hydrogen) atoms. The number of aliphatic hydroxyl groups is 2. The molecule has 1 heterocycles. The van der Waals surface area contributed by atoms with E-state index in [0.717, 1.165) is 12.3 Å². The van der Waals surface area contributed by atoms with Crippen LogP contribution in [0.1, 0.15) is 28.6 Å². The lowest BCUT2D eigenvalue weighted by atomic mass is 10.0. The molecule has 0 aliphatic rings.